The van der Waals surface area contributed by atoms with Crippen molar-refractivity contribution < 1.29 is 17.6 Å². The largest absolute Gasteiger partial charge is 0.335 e. The van der Waals surface area contributed by atoms with E-state index in [1.165, 1.54) is 29.2 Å². The van der Waals surface area contributed by atoms with Crippen LogP contribution in [0.15, 0.2) is 41.3 Å². The summed E-state index contributed by atoms with van der Waals surface area (Å²) < 4.78 is 41.1. The van der Waals surface area contributed by atoms with E-state index in [4.69, 9.17) is 23.2 Å². The Labute approximate surface area is 173 Å². The van der Waals surface area contributed by atoms with E-state index in [0.717, 1.165) is 12.8 Å². The molecule has 1 fully saturated rings. The van der Waals surface area contributed by atoms with Crippen molar-refractivity contribution in [2.45, 2.75) is 37.2 Å². The summed E-state index contributed by atoms with van der Waals surface area (Å²) in [5.74, 6) is -0.860. The lowest BCUT2D eigenvalue weighted by molar-refractivity contribution is 0.0752. The highest BCUT2D eigenvalue weighted by molar-refractivity contribution is 7.89. The van der Waals surface area contributed by atoms with E-state index in [9.17, 15) is 17.6 Å². The van der Waals surface area contributed by atoms with Gasteiger partial charge in [0, 0.05) is 19.1 Å². The first-order valence-corrected chi connectivity index (χ1v) is 11.0. The molecule has 2 aromatic rings. The van der Waals surface area contributed by atoms with Gasteiger partial charge in [-0.2, -0.15) is 0 Å². The van der Waals surface area contributed by atoms with Crippen LogP contribution in [0.25, 0.3) is 0 Å². The van der Waals surface area contributed by atoms with Gasteiger partial charge in [-0.3, -0.25) is 4.79 Å². The molecule has 0 atom stereocenters. The summed E-state index contributed by atoms with van der Waals surface area (Å²) >= 11 is 12.3. The fraction of sp³-hybridized carbons (Fsp3) is 0.316. The summed E-state index contributed by atoms with van der Waals surface area (Å²) in [4.78, 5) is 14.3. The second-order valence-corrected chi connectivity index (χ2v) is 9.10. The molecule has 1 aliphatic rings. The van der Waals surface area contributed by atoms with Crippen molar-refractivity contribution in [3.8, 4) is 0 Å². The Morgan fingerprint density at radius 2 is 1.93 bits per heavy atom. The Morgan fingerprint density at radius 1 is 1.21 bits per heavy atom. The number of halogens is 3. The number of sulfonamides is 1. The van der Waals surface area contributed by atoms with Crippen LogP contribution >= 0.6 is 23.2 Å². The average molecular weight is 445 g/mol. The number of rotatable bonds is 7. The molecule has 9 heteroatoms. The Hall–Kier alpha value is -1.67. The van der Waals surface area contributed by atoms with E-state index in [0.29, 0.717) is 12.1 Å². The monoisotopic (exact) mass is 444 g/mol. The molecule has 1 amide bonds. The SMILES string of the molecule is CCN(Cc1cccc(F)c1)C(=O)c1cc(S(=O)(=O)NC2CC2)c(Cl)cc1Cl. The fourth-order valence-electron chi connectivity index (χ4n) is 2.74. The Balaban J connectivity index is 1.92. The third-order valence-corrected chi connectivity index (χ3v) is 6.67. The lowest BCUT2D eigenvalue weighted by Crippen LogP contribution is -2.31. The molecule has 0 aromatic heterocycles. The predicted molar refractivity (Wildman–Crippen MR) is 107 cm³/mol. The highest BCUT2D eigenvalue weighted by atomic mass is 35.5. The molecule has 5 nitrogen and oxygen atoms in total. The van der Waals surface area contributed by atoms with E-state index >= 15 is 0 Å². The van der Waals surface area contributed by atoms with Gasteiger partial charge in [0.25, 0.3) is 5.91 Å². The number of amides is 1. The molecule has 2 aromatic carbocycles. The molecule has 28 heavy (non-hydrogen) atoms. The van der Waals surface area contributed by atoms with Crippen LogP contribution in [-0.2, 0) is 16.6 Å². The third kappa shape index (κ3) is 4.84. The van der Waals surface area contributed by atoms with Crippen LogP contribution in [-0.4, -0.2) is 31.8 Å². The molecule has 0 saturated heterocycles. The zero-order chi connectivity index (χ0) is 20.5. The van der Waals surface area contributed by atoms with E-state index < -0.39 is 21.7 Å². The van der Waals surface area contributed by atoms with Crippen LogP contribution in [0.5, 0.6) is 0 Å². The summed E-state index contributed by atoms with van der Waals surface area (Å²) in [6.07, 6.45) is 1.54. The molecular weight excluding hydrogens is 426 g/mol. The molecule has 0 heterocycles. The molecule has 0 unspecified atom stereocenters. The Bertz CT molecular complexity index is 1010. The molecule has 0 aliphatic heterocycles. The van der Waals surface area contributed by atoms with Crippen LogP contribution in [0.3, 0.4) is 0 Å². The number of hydrogen-bond acceptors (Lipinski definition) is 3. The minimum absolute atomic E-state index is 0.0282. The molecule has 150 valence electrons. The van der Waals surface area contributed by atoms with E-state index in [1.54, 1.807) is 19.1 Å². The minimum atomic E-state index is -3.86. The van der Waals surface area contributed by atoms with Crippen LogP contribution in [0, 0.1) is 5.82 Å². The summed E-state index contributed by atoms with van der Waals surface area (Å²) in [5.41, 5.74) is 0.643. The van der Waals surface area contributed by atoms with Crippen molar-refractivity contribution in [3.05, 3.63) is 63.4 Å². The quantitative estimate of drug-likeness (QED) is 0.694. The van der Waals surface area contributed by atoms with Crippen LogP contribution in [0.4, 0.5) is 4.39 Å². The van der Waals surface area contributed by atoms with E-state index in [1.807, 2.05) is 0 Å². The van der Waals surface area contributed by atoms with Crippen LogP contribution in [0.2, 0.25) is 10.0 Å². The maximum atomic E-state index is 13.4. The van der Waals surface area contributed by atoms with Gasteiger partial charge in [-0.05, 0) is 49.6 Å². The summed E-state index contributed by atoms with van der Waals surface area (Å²) in [6, 6.07) is 8.29. The van der Waals surface area contributed by atoms with Gasteiger partial charge in [0.2, 0.25) is 10.0 Å². The van der Waals surface area contributed by atoms with Crippen LogP contribution < -0.4 is 4.72 Å². The summed E-state index contributed by atoms with van der Waals surface area (Å²) in [7, 11) is -3.86. The molecule has 0 spiro atoms. The highest BCUT2D eigenvalue weighted by Gasteiger charge is 2.31. The lowest BCUT2D eigenvalue weighted by atomic mass is 10.1. The van der Waals surface area contributed by atoms with Gasteiger partial charge in [-0.15, -0.1) is 0 Å². The molecule has 1 N–H and O–H groups in total. The standard InChI is InChI=1S/C19H19Cl2FN2O3S/c1-2-24(11-12-4-3-5-13(22)8-12)19(25)15-9-18(17(21)10-16(15)20)28(26,27)23-14-6-7-14/h3-5,8-10,14,23H,2,6-7,11H2,1H3. The Kier molecular flexibility index (Phi) is 6.29. The van der Waals surface area contributed by atoms with Crippen molar-refractivity contribution >= 4 is 39.1 Å². The number of nitrogens with one attached hydrogen (secondary N) is 1. The average Bonchev–Trinajstić information content (AvgIpc) is 3.42. The first kappa shape index (κ1) is 21.0. The van der Waals surface area contributed by atoms with Crippen molar-refractivity contribution in [1.29, 1.82) is 0 Å². The van der Waals surface area contributed by atoms with Gasteiger partial charge >= 0.3 is 0 Å². The molecular formula is C19H19Cl2FN2O3S. The van der Waals surface area contributed by atoms with Crippen molar-refractivity contribution in [2.75, 3.05) is 6.54 Å². The predicted octanol–water partition coefficient (Wildman–Crippen LogP) is 4.24. The number of benzene rings is 2. The molecule has 3 rings (SSSR count). The normalized spacial score (nSPS) is 14.1. The van der Waals surface area contributed by atoms with E-state index in [2.05, 4.69) is 4.72 Å². The van der Waals surface area contributed by atoms with Crippen molar-refractivity contribution in [2.24, 2.45) is 0 Å². The van der Waals surface area contributed by atoms with Gasteiger partial charge in [0.05, 0.1) is 15.6 Å². The van der Waals surface area contributed by atoms with Crippen molar-refractivity contribution in [3.63, 3.8) is 0 Å². The minimum Gasteiger partial charge on any atom is -0.335 e. The second-order valence-electron chi connectivity index (χ2n) is 6.61. The molecule has 0 bridgehead atoms. The zero-order valence-electron chi connectivity index (χ0n) is 15.1. The van der Waals surface area contributed by atoms with Gasteiger partial charge in [-0.25, -0.2) is 17.5 Å². The molecule has 1 saturated carbocycles. The van der Waals surface area contributed by atoms with Gasteiger partial charge in [0.15, 0.2) is 0 Å². The molecule has 1 aliphatic carbocycles. The van der Waals surface area contributed by atoms with E-state index in [-0.39, 0.29) is 33.1 Å². The lowest BCUT2D eigenvalue weighted by Gasteiger charge is -2.22. The van der Waals surface area contributed by atoms with Crippen molar-refractivity contribution in [1.82, 2.24) is 9.62 Å². The summed E-state index contributed by atoms with van der Waals surface area (Å²) in [6.45, 7) is 2.26. The van der Waals surface area contributed by atoms with Gasteiger partial charge in [0.1, 0.15) is 10.7 Å². The topological polar surface area (TPSA) is 66.5 Å². The number of nitrogens with zero attached hydrogens (tertiary/aromatic N) is 1. The first-order valence-electron chi connectivity index (χ1n) is 8.76. The maximum Gasteiger partial charge on any atom is 0.255 e. The van der Waals surface area contributed by atoms with Gasteiger partial charge in [-0.1, -0.05) is 35.3 Å². The number of hydrogen-bond donors (Lipinski definition) is 1. The fourth-order valence-corrected chi connectivity index (χ4v) is 4.90. The zero-order valence-corrected chi connectivity index (χ0v) is 17.4. The second kappa shape index (κ2) is 8.37. The number of carbonyl (C=O) groups excluding carboxylic acids is 1. The summed E-state index contributed by atoms with van der Waals surface area (Å²) in [5, 5.41) is 0.000873. The Morgan fingerprint density at radius 3 is 2.54 bits per heavy atom. The number of carbonyl (C=O) groups is 1. The first-order chi connectivity index (χ1) is 13.2. The third-order valence-electron chi connectivity index (χ3n) is 4.37. The maximum absolute atomic E-state index is 13.4. The highest BCUT2D eigenvalue weighted by Crippen LogP contribution is 2.31. The van der Waals surface area contributed by atoms with Gasteiger partial charge < -0.3 is 4.90 Å². The smallest absolute Gasteiger partial charge is 0.255 e. The van der Waals surface area contributed by atoms with Crippen LogP contribution in [0.1, 0.15) is 35.7 Å². The molecule has 0 radical (unpaired) electrons.